The van der Waals surface area contributed by atoms with Crippen molar-refractivity contribution >= 4 is 35.1 Å². The molecule has 0 aliphatic rings. The summed E-state index contributed by atoms with van der Waals surface area (Å²) in [6, 6.07) is 6.83. The van der Waals surface area contributed by atoms with Crippen molar-refractivity contribution in [1.82, 2.24) is 29.2 Å². The van der Waals surface area contributed by atoms with Gasteiger partial charge in [-0.1, -0.05) is 11.6 Å². The molecule has 28 heavy (non-hydrogen) atoms. The number of carbonyl (C=O) groups is 1. The molecule has 0 saturated heterocycles. The fraction of sp³-hybridized carbons (Fsp3) is 0.353. The Morgan fingerprint density at radius 3 is 2.71 bits per heavy atom. The molecule has 148 valence electrons. The number of ether oxygens (including phenoxy) is 1. The van der Waals surface area contributed by atoms with Crippen LogP contribution in [0.15, 0.2) is 30.5 Å². The third kappa shape index (κ3) is 5.64. The number of hydrogen-bond donors (Lipinski definition) is 3. The number of nitrogens with one attached hydrogen (secondary N) is 3. The van der Waals surface area contributed by atoms with Crippen LogP contribution >= 0.6 is 23.3 Å². The van der Waals surface area contributed by atoms with Crippen molar-refractivity contribution < 1.29 is 9.53 Å². The number of aromatic amines is 1. The maximum atomic E-state index is 12.0. The third-order valence-electron chi connectivity index (χ3n) is 3.46. The zero-order valence-electron chi connectivity index (χ0n) is 15.6. The Balaban J connectivity index is 1.76. The van der Waals surface area contributed by atoms with Gasteiger partial charge in [0.2, 0.25) is 5.82 Å². The van der Waals surface area contributed by atoms with Gasteiger partial charge in [-0.15, -0.1) is 0 Å². The average molecular weight is 422 g/mol. The van der Waals surface area contributed by atoms with E-state index in [2.05, 4.69) is 34.6 Å². The number of carbonyl (C=O) groups excluding carboxylic acids is 1. The summed E-state index contributed by atoms with van der Waals surface area (Å²) >= 11 is 7.03. The number of aromatic nitrogens is 5. The molecule has 1 amide bonds. The molecule has 9 nitrogen and oxygen atoms in total. The number of amides is 1. The first-order chi connectivity index (χ1) is 13.3. The number of alkyl carbamates (subject to hydrolysis) is 1. The molecule has 3 N–H and O–H groups in total. The van der Waals surface area contributed by atoms with Gasteiger partial charge in [-0.05, 0) is 45.0 Å². The molecule has 0 bridgehead atoms. The molecule has 0 aliphatic carbocycles. The van der Waals surface area contributed by atoms with Crippen LogP contribution < -0.4 is 10.6 Å². The Morgan fingerprint density at radius 2 is 2.07 bits per heavy atom. The van der Waals surface area contributed by atoms with E-state index in [0.29, 0.717) is 22.4 Å². The lowest BCUT2D eigenvalue weighted by Gasteiger charge is -2.22. The Morgan fingerprint density at radius 1 is 1.32 bits per heavy atom. The Bertz CT molecular complexity index is 906. The fourth-order valence-corrected chi connectivity index (χ4v) is 2.81. The van der Waals surface area contributed by atoms with Gasteiger partial charge in [0, 0.05) is 17.3 Å². The van der Waals surface area contributed by atoms with Gasteiger partial charge in [0.05, 0.1) is 17.9 Å². The highest BCUT2D eigenvalue weighted by atomic mass is 35.5. The van der Waals surface area contributed by atoms with Crippen molar-refractivity contribution in [2.75, 3.05) is 11.9 Å². The van der Waals surface area contributed by atoms with Crippen molar-refractivity contribution in [2.45, 2.75) is 32.4 Å². The normalized spacial score (nSPS) is 12.4. The van der Waals surface area contributed by atoms with Crippen LogP contribution in [-0.4, -0.2) is 42.2 Å². The van der Waals surface area contributed by atoms with E-state index >= 15 is 0 Å². The average Bonchev–Trinajstić information content (AvgIpc) is 3.30. The van der Waals surface area contributed by atoms with Gasteiger partial charge in [-0.3, -0.25) is 5.10 Å². The molecule has 0 spiro atoms. The van der Waals surface area contributed by atoms with E-state index < -0.39 is 11.7 Å². The summed E-state index contributed by atoms with van der Waals surface area (Å²) in [6.45, 7) is 5.64. The lowest BCUT2D eigenvalue weighted by molar-refractivity contribution is 0.0525. The minimum absolute atomic E-state index is 0.224. The molecule has 0 radical (unpaired) electrons. The van der Waals surface area contributed by atoms with Gasteiger partial charge in [-0.2, -0.15) is 13.8 Å². The number of anilines is 1. The lowest BCUT2D eigenvalue weighted by atomic mass is 10.2. The summed E-state index contributed by atoms with van der Waals surface area (Å²) in [6.07, 6.45) is 1.08. The van der Waals surface area contributed by atoms with Crippen LogP contribution in [0.5, 0.6) is 0 Å². The number of H-pyrrole nitrogens is 1. The topological polar surface area (TPSA) is 118 Å². The Hall–Kier alpha value is -2.72. The minimum Gasteiger partial charge on any atom is -0.444 e. The molecule has 11 heteroatoms. The fourth-order valence-electron chi connectivity index (χ4n) is 2.27. The predicted molar refractivity (Wildman–Crippen MR) is 107 cm³/mol. The van der Waals surface area contributed by atoms with Gasteiger partial charge in [-0.25, -0.2) is 9.78 Å². The summed E-state index contributed by atoms with van der Waals surface area (Å²) in [5, 5.41) is 13.8. The first-order valence-corrected chi connectivity index (χ1v) is 9.60. The number of benzene rings is 1. The standard InChI is InChI=1S/C17H20ClN7O2S/c1-17(2,3)27-16(26)19-8-12(21-11-6-4-10(18)5-7-11)14-22-15(24-23-14)13-9-20-28-25-13/h4-7,9,12,21H,8H2,1-3H3,(H,19,26)(H,22,23,24). The zero-order valence-corrected chi connectivity index (χ0v) is 17.1. The van der Waals surface area contributed by atoms with Crippen LogP contribution in [0.1, 0.15) is 32.6 Å². The first-order valence-electron chi connectivity index (χ1n) is 8.49. The monoisotopic (exact) mass is 421 g/mol. The second-order valence-corrected chi connectivity index (χ2v) is 7.92. The van der Waals surface area contributed by atoms with E-state index in [-0.39, 0.29) is 12.6 Å². The quantitative estimate of drug-likeness (QED) is 0.555. The van der Waals surface area contributed by atoms with Crippen LogP contribution in [0.3, 0.4) is 0 Å². The number of halogens is 1. The molecule has 3 aromatic rings. The van der Waals surface area contributed by atoms with Crippen molar-refractivity contribution in [3.05, 3.63) is 41.3 Å². The van der Waals surface area contributed by atoms with E-state index in [1.807, 2.05) is 12.1 Å². The summed E-state index contributed by atoms with van der Waals surface area (Å²) in [7, 11) is 0. The zero-order chi connectivity index (χ0) is 20.1. The predicted octanol–water partition coefficient (Wildman–Crippen LogP) is 3.65. The van der Waals surface area contributed by atoms with Crippen LogP contribution in [0.4, 0.5) is 10.5 Å². The summed E-state index contributed by atoms with van der Waals surface area (Å²) < 4.78 is 13.4. The van der Waals surface area contributed by atoms with Crippen LogP contribution in [0, 0.1) is 0 Å². The van der Waals surface area contributed by atoms with E-state index in [1.165, 1.54) is 0 Å². The van der Waals surface area contributed by atoms with Crippen molar-refractivity contribution in [2.24, 2.45) is 0 Å². The van der Waals surface area contributed by atoms with Crippen molar-refractivity contribution in [3.8, 4) is 11.5 Å². The Kier molecular flexibility index (Phi) is 6.10. The van der Waals surface area contributed by atoms with Gasteiger partial charge < -0.3 is 15.4 Å². The minimum atomic E-state index is -0.583. The maximum Gasteiger partial charge on any atom is 0.407 e. The largest absolute Gasteiger partial charge is 0.444 e. The van der Waals surface area contributed by atoms with Gasteiger partial charge in [0.15, 0.2) is 0 Å². The maximum absolute atomic E-state index is 12.0. The first kappa shape index (κ1) is 20.0. The highest BCUT2D eigenvalue weighted by Gasteiger charge is 2.21. The molecule has 0 saturated carbocycles. The van der Waals surface area contributed by atoms with Gasteiger partial charge >= 0.3 is 6.09 Å². The number of rotatable bonds is 6. The molecule has 2 heterocycles. The lowest BCUT2D eigenvalue weighted by Crippen LogP contribution is -2.36. The Labute approximate surface area is 171 Å². The van der Waals surface area contributed by atoms with Crippen LogP contribution in [-0.2, 0) is 4.74 Å². The summed E-state index contributed by atoms with van der Waals surface area (Å²) in [4.78, 5) is 16.5. The van der Waals surface area contributed by atoms with Crippen LogP contribution in [0.25, 0.3) is 11.5 Å². The highest BCUT2D eigenvalue weighted by Crippen LogP contribution is 2.21. The molecule has 1 unspecified atom stereocenters. The molecule has 2 aromatic heterocycles. The second kappa shape index (κ2) is 8.53. The molecule has 1 aromatic carbocycles. The smallest absolute Gasteiger partial charge is 0.407 e. The second-order valence-electron chi connectivity index (χ2n) is 6.92. The molecule has 3 rings (SSSR count). The molecular weight excluding hydrogens is 402 g/mol. The molecule has 1 atom stereocenters. The SMILES string of the molecule is CC(C)(C)OC(=O)NCC(Nc1ccc(Cl)cc1)c1nc(-c2cnsn2)n[nH]1. The van der Waals surface area contributed by atoms with E-state index in [4.69, 9.17) is 16.3 Å². The summed E-state index contributed by atoms with van der Waals surface area (Å²) in [5.74, 6) is 0.970. The number of nitrogens with zero attached hydrogens (tertiary/aromatic N) is 4. The number of hydrogen-bond acceptors (Lipinski definition) is 8. The van der Waals surface area contributed by atoms with Crippen LogP contribution in [0.2, 0.25) is 5.02 Å². The third-order valence-corrected chi connectivity index (χ3v) is 4.19. The molecule has 0 fully saturated rings. The van der Waals surface area contributed by atoms with E-state index in [1.54, 1.807) is 39.1 Å². The van der Waals surface area contributed by atoms with E-state index in [0.717, 1.165) is 17.4 Å². The summed E-state index contributed by atoms with van der Waals surface area (Å²) in [5.41, 5.74) is 0.812. The van der Waals surface area contributed by atoms with Crippen molar-refractivity contribution in [3.63, 3.8) is 0 Å². The van der Waals surface area contributed by atoms with Crippen molar-refractivity contribution in [1.29, 1.82) is 0 Å². The molecule has 0 aliphatic heterocycles. The van der Waals surface area contributed by atoms with E-state index in [9.17, 15) is 4.79 Å². The molecular formula is C17H20ClN7O2S. The highest BCUT2D eigenvalue weighted by molar-refractivity contribution is 6.99. The van der Waals surface area contributed by atoms with Gasteiger partial charge in [0.1, 0.15) is 23.2 Å². The van der Waals surface area contributed by atoms with Gasteiger partial charge in [0.25, 0.3) is 0 Å².